The van der Waals surface area contributed by atoms with Gasteiger partial charge in [0.25, 0.3) is 5.69 Å². The number of fused-ring (bicyclic) bond motifs is 1. The Bertz CT molecular complexity index is 1470. The fraction of sp³-hybridized carbons (Fsp3) is 0.107. The maximum atomic E-state index is 11.0. The summed E-state index contributed by atoms with van der Waals surface area (Å²) >= 11 is 3.55. The Morgan fingerprint density at radius 2 is 1.83 bits per heavy atom. The molecule has 174 valence electrons. The summed E-state index contributed by atoms with van der Waals surface area (Å²) in [7, 11) is 0. The number of hydrogen-bond donors (Lipinski definition) is 0. The van der Waals surface area contributed by atoms with Crippen LogP contribution in [0.5, 0.6) is 11.5 Å². The highest BCUT2D eigenvalue weighted by molar-refractivity contribution is 9.10. The van der Waals surface area contributed by atoms with Crippen LogP contribution in [0.2, 0.25) is 0 Å². The molecule has 4 aromatic rings. The number of allylic oxidation sites excluding steroid dienone is 1. The highest BCUT2D eigenvalue weighted by Crippen LogP contribution is 2.38. The van der Waals surface area contributed by atoms with Crippen LogP contribution in [-0.4, -0.2) is 11.5 Å². The van der Waals surface area contributed by atoms with Gasteiger partial charge in [-0.2, -0.15) is 5.26 Å². The molecule has 6 nitrogen and oxygen atoms in total. The first kappa shape index (κ1) is 24.0. The van der Waals surface area contributed by atoms with Gasteiger partial charge in [-0.05, 0) is 74.6 Å². The molecule has 0 N–H and O–H groups in total. The van der Waals surface area contributed by atoms with E-state index in [0.717, 1.165) is 21.9 Å². The van der Waals surface area contributed by atoms with Gasteiger partial charge in [0.05, 0.1) is 27.6 Å². The maximum absolute atomic E-state index is 11.0. The molecule has 0 spiro atoms. The fourth-order valence-corrected chi connectivity index (χ4v) is 4.27. The molecule has 0 bridgehead atoms. The number of nitro groups is 1. The van der Waals surface area contributed by atoms with Crippen molar-refractivity contribution in [2.24, 2.45) is 0 Å². The Labute approximate surface area is 211 Å². The largest absolute Gasteiger partial charge is 0.490 e. The summed E-state index contributed by atoms with van der Waals surface area (Å²) in [4.78, 5) is 10.6. The van der Waals surface area contributed by atoms with Crippen molar-refractivity contribution in [3.8, 4) is 17.6 Å². The number of hydrogen-bond acceptors (Lipinski definition) is 5. The van der Waals surface area contributed by atoms with Crippen molar-refractivity contribution < 1.29 is 14.4 Å². The number of rotatable bonds is 8. The molecule has 0 aromatic heterocycles. The minimum atomic E-state index is -0.436. The summed E-state index contributed by atoms with van der Waals surface area (Å²) in [6.45, 7) is 2.43. The molecule has 0 fully saturated rings. The van der Waals surface area contributed by atoms with Gasteiger partial charge in [-0.15, -0.1) is 0 Å². The van der Waals surface area contributed by atoms with E-state index >= 15 is 0 Å². The van der Waals surface area contributed by atoms with Gasteiger partial charge in [0.15, 0.2) is 11.5 Å². The molecule has 0 unspecified atom stereocenters. The average molecular weight is 529 g/mol. The summed E-state index contributed by atoms with van der Waals surface area (Å²) in [5.74, 6) is 0.995. The summed E-state index contributed by atoms with van der Waals surface area (Å²) in [6.07, 6.45) is 1.81. The van der Waals surface area contributed by atoms with E-state index < -0.39 is 4.92 Å². The minimum Gasteiger partial charge on any atom is -0.490 e. The lowest BCUT2D eigenvalue weighted by Gasteiger charge is -2.15. The van der Waals surface area contributed by atoms with Gasteiger partial charge in [-0.1, -0.05) is 48.5 Å². The first-order valence-electron chi connectivity index (χ1n) is 10.9. The Kier molecular flexibility index (Phi) is 7.44. The smallest absolute Gasteiger partial charge is 0.269 e. The molecule has 0 amide bonds. The normalized spacial score (nSPS) is 11.2. The number of nitrogens with zero attached hydrogens (tertiary/aromatic N) is 2. The summed E-state index contributed by atoms with van der Waals surface area (Å²) in [6, 6.07) is 26.2. The van der Waals surface area contributed by atoms with Crippen molar-refractivity contribution in [1.82, 2.24) is 0 Å². The van der Waals surface area contributed by atoms with E-state index in [0.29, 0.717) is 33.7 Å². The molecular weight excluding hydrogens is 508 g/mol. The second kappa shape index (κ2) is 10.9. The van der Waals surface area contributed by atoms with Gasteiger partial charge in [0, 0.05) is 12.1 Å². The van der Waals surface area contributed by atoms with Gasteiger partial charge in [-0.3, -0.25) is 10.1 Å². The molecule has 0 heterocycles. The Morgan fingerprint density at radius 1 is 1.03 bits per heavy atom. The highest BCUT2D eigenvalue weighted by atomic mass is 79.9. The molecule has 0 atom stereocenters. The molecule has 35 heavy (non-hydrogen) atoms. The molecule has 7 heteroatoms. The zero-order chi connectivity index (χ0) is 24.8. The van der Waals surface area contributed by atoms with Crippen LogP contribution >= 0.6 is 15.9 Å². The van der Waals surface area contributed by atoms with E-state index in [4.69, 9.17) is 9.47 Å². The molecule has 0 saturated carbocycles. The van der Waals surface area contributed by atoms with Crippen molar-refractivity contribution in [2.75, 3.05) is 6.61 Å². The molecule has 0 radical (unpaired) electrons. The number of nitro benzene ring substituents is 1. The molecule has 0 aliphatic rings. The van der Waals surface area contributed by atoms with Crippen molar-refractivity contribution >= 4 is 44.0 Å². The van der Waals surface area contributed by atoms with Crippen molar-refractivity contribution in [3.05, 3.63) is 110 Å². The van der Waals surface area contributed by atoms with Crippen LogP contribution in [0.1, 0.15) is 23.6 Å². The van der Waals surface area contributed by atoms with Crippen LogP contribution in [0.4, 0.5) is 5.69 Å². The monoisotopic (exact) mass is 528 g/mol. The molecule has 4 aromatic carbocycles. The van der Waals surface area contributed by atoms with Gasteiger partial charge in [-0.25, -0.2) is 0 Å². The number of non-ortho nitro benzene ring substituents is 1. The van der Waals surface area contributed by atoms with E-state index in [-0.39, 0.29) is 12.3 Å². The SMILES string of the molecule is CCOc1cc(/C=C(/C#N)c2ccc3ccccc3c2)cc(Br)c1OCc1cccc([N+](=O)[O-])c1. The summed E-state index contributed by atoms with van der Waals surface area (Å²) in [5, 5.41) is 23.1. The third-order valence-corrected chi connectivity index (χ3v) is 5.92. The Hall–Kier alpha value is -4.15. The second-order valence-electron chi connectivity index (χ2n) is 7.71. The predicted molar refractivity (Wildman–Crippen MR) is 140 cm³/mol. The molecular formula is C28H21BrN2O4. The third-order valence-electron chi connectivity index (χ3n) is 5.33. The van der Waals surface area contributed by atoms with Crippen LogP contribution in [0.3, 0.4) is 0 Å². The zero-order valence-electron chi connectivity index (χ0n) is 18.9. The quantitative estimate of drug-likeness (QED) is 0.102. The summed E-state index contributed by atoms with van der Waals surface area (Å²) < 4.78 is 12.4. The van der Waals surface area contributed by atoms with Crippen LogP contribution in [0.15, 0.2) is 83.3 Å². The second-order valence-corrected chi connectivity index (χ2v) is 8.56. The van der Waals surface area contributed by atoms with Crippen LogP contribution in [0, 0.1) is 21.4 Å². The van der Waals surface area contributed by atoms with Crippen molar-refractivity contribution in [2.45, 2.75) is 13.5 Å². The van der Waals surface area contributed by atoms with Gasteiger partial charge in [0.1, 0.15) is 6.61 Å². The van der Waals surface area contributed by atoms with Crippen molar-refractivity contribution in [3.63, 3.8) is 0 Å². The van der Waals surface area contributed by atoms with Gasteiger partial charge < -0.3 is 9.47 Å². The predicted octanol–water partition coefficient (Wildman–Crippen LogP) is 7.55. The van der Waals surface area contributed by atoms with E-state index in [9.17, 15) is 15.4 Å². The minimum absolute atomic E-state index is 0.00778. The lowest BCUT2D eigenvalue weighted by atomic mass is 10.00. The van der Waals surface area contributed by atoms with E-state index in [1.54, 1.807) is 12.1 Å². The maximum Gasteiger partial charge on any atom is 0.269 e. The topological polar surface area (TPSA) is 85.4 Å². The number of benzene rings is 4. The summed E-state index contributed by atoms with van der Waals surface area (Å²) in [5.41, 5.74) is 2.79. The van der Waals surface area contributed by atoms with Gasteiger partial charge >= 0.3 is 0 Å². The molecule has 0 aliphatic heterocycles. The Morgan fingerprint density at radius 3 is 2.57 bits per heavy atom. The highest BCUT2D eigenvalue weighted by Gasteiger charge is 2.14. The number of halogens is 1. The van der Waals surface area contributed by atoms with E-state index in [1.165, 1.54) is 12.1 Å². The van der Waals surface area contributed by atoms with Crippen molar-refractivity contribution in [1.29, 1.82) is 5.26 Å². The van der Waals surface area contributed by atoms with Crippen LogP contribution in [0.25, 0.3) is 22.4 Å². The standard InChI is InChI=1S/C28H21BrN2O4/c1-2-34-27-15-20(12-24(17-30)23-11-10-21-7-3-4-8-22(21)16-23)14-26(29)28(27)35-18-19-6-5-9-25(13-19)31(32)33/h3-16H,2,18H2,1H3/b24-12-. The third kappa shape index (κ3) is 5.68. The molecule has 0 aliphatic carbocycles. The van der Waals surface area contributed by atoms with Gasteiger partial charge in [0.2, 0.25) is 0 Å². The zero-order valence-corrected chi connectivity index (χ0v) is 20.5. The van der Waals surface area contributed by atoms with Crippen LogP contribution in [-0.2, 0) is 6.61 Å². The lowest BCUT2D eigenvalue weighted by Crippen LogP contribution is -2.01. The number of nitriles is 1. The molecule has 4 rings (SSSR count). The Balaban J connectivity index is 1.64. The van der Waals surface area contributed by atoms with E-state index in [1.807, 2.05) is 67.6 Å². The molecule has 0 saturated heterocycles. The lowest BCUT2D eigenvalue weighted by molar-refractivity contribution is -0.384. The average Bonchev–Trinajstić information content (AvgIpc) is 2.87. The number of ether oxygens (including phenoxy) is 2. The first-order chi connectivity index (χ1) is 17.0. The fourth-order valence-electron chi connectivity index (χ4n) is 3.69. The van der Waals surface area contributed by atoms with E-state index in [2.05, 4.69) is 22.0 Å². The van der Waals surface area contributed by atoms with Crippen LogP contribution < -0.4 is 9.47 Å². The first-order valence-corrected chi connectivity index (χ1v) is 11.7.